The first-order chi connectivity index (χ1) is 6.79. The SMILES string of the molecule is Clc1cccc(-c2ncccn2)c1Cl. The minimum absolute atomic E-state index is 0.486. The highest BCUT2D eigenvalue weighted by atomic mass is 35.5. The largest absolute Gasteiger partial charge is 0.237 e. The van der Waals surface area contributed by atoms with Crippen LogP contribution in [0.1, 0.15) is 0 Å². The van der Waals surface area contributed by atoms with Gasteiger partial charge in [-0.2, -0.15) is 0 Å². The van der Waals surface area contributed by atoms with Gasteiger partial charge in [0.05, 0.1) is 10.0 Å². The van der Waals surface area contributed by atoms with E-state index in [1.54, 1.807) is 24.5 Å². The second-order valence-corrected chi connectivity index (χ2v) is 3.46. The van der Waals surface area contributed by atoms with Gasteiger partial charge in [-0.3, -0.25) is 0 Å². The monoisotopic (exact) mass is 224 g/mol. The van der Waals surface area contributed by atoms with Crippen LogP contribution in [0.25, 0.3) is 11.4 Å². The third-order valence-electron chi connectivity index (χ3n) is 1.76. The Hall–Kier alpha value is -1.12. The van der Waals surface area contributed by atoms with Crippen LogP contribution in [-0.2, 0) is 0 Å². The second kappa shape index (κ2) is 3.95. The van der Waals surface area contributed by atoms with Crippen LogP contribution >= 0.6 is 23.2 Å². The molecule has 4 heteroatoms. The van der Waals surface area contributed by atoms with Crippen LogP contribution < -0.4 is 0 Å². The summed E-state index contributed by atoms with van der Waals surface area (Å²) >= 11 is 11.9. The summed E-state index contributed by atoms with van der Waals surface area (Å²) in [5.41, 5.74) is 0.750. The average molecular weight is 225 g/mol. The predicted octanol–water partition coefficient (Wildman–Crippen LogP) is 3.45. The fraction of sp³-hybridized carbons (Fsp3) is 0. The average Bonchev–Trinajstić information content (AvgIpc) is 2.23. The molecule has 0 aliphatic rings. The summed E-state index contributed by atoms with van der Waals surface area (Å²) in [5.74, 6) is 0.583. The molecule has 0 saturated carbocycles. The van der Waals surface area contributed by atoms with Crippen molar-refractivity contribution in [3.63, 3.8) is 0 Å². The van der Waals surface area contributed by atoms with Gasteiger partial charge in [0.15, 0.2) is 5.82 Å². The molecule has 0 amide bonds. The van der Waals surface area contributed by atoms with Gasteiger partial charge in [0.1, 0.15) is 0 Å². The Morgan fingerprint density at radius 1 is 0.929 bits per heavy atom. The van der Waals surface area contributed by atoms with Crippen molar-refractivity contribution in [2.45, 2.75) is 0 Å². The van der Waals surface area contributed by atoms with E-state index < -0.39 is 0 Å². The lowest BCUT2D eigenvalue weighted by Crippen LogP contribution is -1.87. The Morgan fingerprint density at radius 3 is 2.36 bits per heavy atom. The van der Waals surface area contributed by atoms with Crippen LogP contribution in [-0.4, -0.2) is 9.97 Å². The fourth-order valence-electron chi connectivity index (χ4n) is 1.11. The Kier molecular flexibility index (Phi) is 2.66. The van der Waals surface area contributed by atoms with E-state index in [4.69, 9.17) is 23.2 Å². The lowest BCUT2D eigenvalue weighted by molar-refractivity contribution is 1.18. The first kappa shape index (κ1) is 9.44. The van der Waals surface area contributed by atoms with Crippen LogP contribution in [0.2, 0.25) is 10.0 Å². The number of hydrogen-bond acceptors (Lipinski definition) is 2. The van der Waals surface area contributed by atoms with Crippen molar-refractivity contribution >= 4 is 23.2 Å². The van der Waals surface area contributed by atoms with Crippen molar-refractivity contribution < 1.29 is 0 Å². The van der Waals surface area contributed by atoms with Crippen molar-refractivity contribution in [2.75, 3.05) is 0 Å². The molecule has 0 unspecified atom stereocenters. The molecule has 0 aliphatic heterocycles. The topological polar surface area (TPSA) is 25.8 Å². The molecular formula is C10H6Cl2N2. The zero-order chi connectivity index (χ0) is 9.97. The Morgan fingerprint density at radius 2 is 1.64 bits per heavy atom. The molecule has 0 aliphatic carbocycles. The minimum atomic E-state index is 0.486. The van der Waals surface area contributed by atoms with E-state index in [9.17, 15) is 0 Å². The van der Waals surface area contributed by atoms with Gasteiger partial charge >= 0.3 is 0 Å². The standard InChI is InChI=1S/C10H6Cl2N2/c11-8-4-1-3-7(9(8)12)10-13-5-2-6-14-10/h1-6H. The van der Waals surface area contributed by atoms with Gasteiger partial charge in [-0.05, 0) is 18.2 Å². The minimum Gasteiger partial charge on any atom is -0.237 e. The van der Waals surface area contributed by atoms with Gasteiger partial charge in [-0.1, -0.05) is 29.3 Å². The molecule has 0 saturated heterocycles. The van der Waals surface area contributed by atoms with E-state index in [-0.39, 0.29) is 0 Å². The van der Waals surface area contributed by atoms with Crippen LogP contribution in [0.4, 0.5) is 0 Å². The molecule has 0 atom stereocenters. The molecule has 70 valence electrons. The summed E-state index contributed by atoms with van der Waals surface area (Å²) in [6.45, 7) is 0. The van der Waals surface area contributed by atoms with E-state index in [2.05, 4.69) is 9.97 Å². The molecule has 2 rings (SSSR count). The van der Waals surface area contributed by atoms with Crippen LogP contribution in [0.5, 0.6) is 0 Å². The highest BCUT2D eigenvalue weighted by molar-refractivity contribution is 6.43. The molecule has 1 aromatic heterocycles. The van der Waals surface area contributed by atoms with Gasteiger partial charge < -0.3 is 0 Å². The molecule has 0 N–H and O–H groups in total. The van der Waals surface area contributed by atoms with Crippen LogP contribution in [0.3, 0.4) is 0 Å². The van der Waals surface area contributed by atoms with Gasteiger partial charge in [0.2, 0.25) is 0 Å². The van der Waals surface area contributed by atoms with Crippen LogP contribution in [0, 0.1) is 0 Å². The quantitative estimate of drug-likeness (QED) is 0.742. The predicted molar refractivity (Wildman–Crippen MR) is 57.5 cm³/mol. The van der Waals surface area contributed by atoms with Crippen molar-refractivity contribution in [3.8, 4) is 11.4 Å². The van der Waals surface area contributed by atoms with Crippen molar-refractivity contribution in [1.82, 2.24) is 9.97 Å². The number of hydrogen-bond donors (Lipinski definition) is 0. The number of aromatic nitrogens is 2. The Bertz CT molecular complexity index is 443. The van der Waals surface area contributed by atoms with E-state index in [1.165, 1.54) is 0 Å². The lowest BCUT2D eigenvalue weighted by Gasteiger charge is -2.02. The van der Waals surface area contributed by atoms with Gasteiger partial charge in [0, 0.05) is 18.0 Å². The molecule has 0 bridgehead atoms. The summed E-state index contributed by atoms with van der Waals surface area (Å²) in [6, 6.07) is 7.14. The Labute approximate surface area is 91.5 Å². The van der Waals surface area contributed by atoms with Crippen molar-refractivity contribution in [3.05, 3.63) is 46.7 Å². The number of halogens is 2. The van der Waals surface area contributed by atoms with Gasteiger partial charge in [-0.15, -0.1) is 0 Å². The molecule has 1 heterocycles. The maximum absolute atomic E-state index is 6.02. The van der Waals surface area contributed by atoms with E-state index >= 15 is 0 Å². The summed E-state index contributed by atoms with van der Waals surface area (Å²) in [7, 11) is 0. The third kappa shape index (κ3) is 1.72. The molecule has 2 aromatic rings. The van der Waals surface area contributed by atoms with E-state index in [1.807, 2.05) is 12.1 Å². The summed E-state index contributed by atoms with van der Waals surface area (Å²) in [4.78, 5) is 8.19. The van der Waals surface area contributed by atoms with Gasteiger partial charge in [-0.25, -0.2) is 9.97 Å². The summed E-state index contributed by atoms with van der Waals surface area (Å²) in [5, 5.41) is 0.997. The fourth-order valence-corrected chi connectivity index (χ4v) is 1.50. The van der Waals surface area contributed by atoms with E-state index in [0.717, 1.165) is 5.56 Å². The van der Waals surface area contributed by atoms with Gasteiger partial charge in [0.25, 0.3) is 0 Å². The summed E-state index contributed by atoms with van der Waals surface area (Å²) < 4.78 is 0. The number of rotatable bonds is 1. The van der Waals surface area contributed by atoms with Crippen LogP contribution in [0.15, 0.2) is 36.7 Å². The molecular weight excluding hydrogens is 219 g/mol. The molecule has 0 radical (unpaired) electrons. The molecule has 14 heavy (non-hydrogen) atoms. The first-order valence-corrected chi connectivity index (χ1v) is 4.76. The molecule has 2 nitrogen and oxygen atoms in total. The maximum atomic E-state index is 6.02. The molecule has 0 spiro atoms. The highest BCUT2D eigenvalue weighted by Crippen LogP contribution is 2.30. The molecule has 0 fully saturated rings. The number of nitrogens with zero attached hydrogens (tertiary/aromatic N) is 2. The van der Waals surface area contributed by atoms with Crippen molar-refractivity contribution in [1.29, 1.82) is 0 Å². The lowest BCUT2D eigenvalue weighted by atomic mass is 10.2. The first-order valence-electron chi connectivity index (χ1n) is 4.00. The highest BCUT2D eigenvalue weighted by Gasteiger charge is 2.07. The Balaban J connectivity index is 2.58. The molecule has 1 aromatic carbocycles. The zero-order valence-corrected chi connectivity index (χ0v) is 8.63. The summed E-state index contributed by atoms with van der Waals surface area (Å²) in [6.07, 6.45) is 3.33. The smallest absolute Gasteiger partial charge is 0.160 e. The number of benzene rings is 1. The zero-order valence-electron chi connectivity index (χ0n) is 7.11. The maximum Gasteiger partial charge on any atom is 0.160 e. The second-order valence-electron chi connectivity index (χ2n) is 2.67. The normalized spacial score (nSPS) is 10.1. The van der Waals surface area contributed by atoms with E-state index in [0.29, 0.717) is 15.9 Å². The van der Waals surface area contributed by atoms with Crippen molar-refractivity contribution in [2.24, 2.45) is 0 Å². The third-order valence-corrected chi connectivity index (χ3v) is 2.58.